The first-order chi connectivity index (χ1) is 25.0. The number of nitrogens with zero attached hydrogens (tertiary/aromatic N) is 1. The lowest BCUT2D eigenvalue weighted by Crippen LogP contribution is -2.05. The van der Waals surface area contributed by atoms with Gasteiger partial charge < -0.3 is 29.4 Å². The Morgan fingerprint density at radius 2 is 1.35 bits per heavy atom. The maximum absolute atomic E-state index is 12.6. The first-order valence-electron chi connectivity index (χ1n) is 17.1. The Kier molecular flexibility index (Phi) is 11.0. The van der Waals surface area contributed by atoms with Crippen LogP contribution < -0.4 is 20.1 Å². The molecular formula is C41H42N2O8S. The van der Waals surface area contributed by atoms with Crippen molar-refractivity contribution in [1.82, 2.24) is 0 Å². The third kappa shape index (κ3) is 7.98. The molecule has 4 N–H and O–H groups in total. The van der Waals surface area contributed by atoms with Crippen LogP contribution in [0.25, 0.3) is 33.4 Å². The topological polar surface area (TPSA) is 151 Å². The largest absolute Gasteiger partial charge is 0.493 e. The second kappa shape index (κ2) is 15.6. The summed E-state index contributed by atoms with van der Waals surface area (Å²) in [6, 6.07) is 25.3. The molecule has 0 saturated carbocycles. The molecule has 10 nitrogen and oxygen atoms in total. The molecule has 0 radical (unpaired) electrons. The Bertz CT molecular complexity index is 2360. The van der Waals surface area contributed by atoms with Gasteiger partial charge in [-0.05, 0) is 105 Å². The number of ether oxygens (including phenoxy) is 2. The van der Waals surface area contributed by atoms with Crippen LogP contribution in [0.15, 0.2) is 99.2 Å². The second-order valence-electron chi connectivity index (χ2n) is 12.8. The van der Waals surface area contributed by atoms with Gasteiger partial charge in [0.2, 0.25) is 0 Å². The van der Waals surface area contributed by atoms with Gasteiger partial charge in [0.25, 0.3) is 10.1 Å². The van der Waals surface area contributed by atoms with E-state index in [4.69, 9.17) is 29.1 Å². The Labute approximate surface area is 303 Å². The molecule has 0 spiro atoms. The summed E-state index contributed by atoms with van der Waals surface area (Å²) < 4.78 is 53.6. The van der Waals surface area contributed by atoms with E-state index < -0.39 is 10.1 Å². The maximum atomic E-state index is 12.6. The fourth-order valence-corrected chi connectivity index (χ4v) is 7.08. The summed E-state index contributed by atoms with van der Waals surface area (Å²) >= 11 is 0. The summed E-state index contributed by atoms with van der Waals surface area (Å²) in [5.41, 5.74) is 8.29. The van der Waals surface area contributed by atoms with Gasteiger partial charge in [-0.15, -0.1) is 0 Å². The summed E-state index contributed by atoms with van der Waals surface area (Å²) in [5.74, 6) is 1.91. The fourth-order valence-electron chi connectivity index (χ4n) is 6.38. The Morgan fingerprint density at radius 3 is 1.96 bits per heavy atom. The number of hydrogen-bond donors (Lipinski definition) is 4. The number of aryl methyl sites for hydroxylation is 4. The van der Waals surface area contributed by atoms with Crippen LogP contribution in [0.1, 0.15) is 35.1 Å². The van der Waals surface area contributed by atoms with Crippen LogP contribution in [0.4, 0.5) is 17.1 Å². The molecule has 4 aromatic rings. The third-order valence-corrected chi connectivity index (χ3v) is 9.67. The predicted molar refractivity (Wildman–Crippen MR) is 203 cm³/mol. The van der Waals surface area contributed by atoms with Crippen LogP contribution in [0.2, 0.25) is 0 Å². The molecule has 0 aromatic heterocycles. The van der Waals surface area contributed by atoms with E-state index in [0.717, 1.165) is 45.1 Å². The highest BCUT2D eigenvalue weighted by atomic mass is 32.2. The molecule has 0 unspecified atom stereocenters. The number of fused-ring (bicyclic) bond motifs is 2. The fraction of sp³-hybridized carbons (Fsp3) is 0.244. The second-order valence-corrected chi connectivity index (χ2v) is 14.2. The highest BCUT2D eigenvalue weighted by Crippen LogP contribution is 2.43. The SMILES string of the molecule is Cc1cc(OCCCO)cc(C)c1/N=c1/ccc2c(-c3ccccc3S(=O)(=O)O)c3ccc(Nc4c(C)cc(OCCCO)cc4C)cc3oc-2c1. The number of aliphatic hydroxyl groups excluding tert-OH is 2. The van der Waals surface area contributed by atoms with Crippen molar-refractivity contribution in [3.05, 3.63) is 113 Å². The van der Waals surface area contributed by atoms with Crippen molar-refractivity contribution in [2.45, 2.75) is 45.4 Å². The molecule has 1 aliphatic heterocycles. The normalized spacial score (nSPS) is 12.1. The van der Waals surface area contributed by atoms with Crippen LogP contribution in [0.3, 0.4) is 0 Å². The minimum Gasteiger partial charge on any atom is -0.493 e. The third-order valence-electron chi connectivity index (χ3n) is 8.76. The lowest BCUT2D eigenvalue weighted by Gasteiger charge is -2.19. The quantitative estimate of drug-likeness (QED) is 0.0526. The van der Waals surface area contributed by atoms with E-state index in [1.54, 1.807) is 18.2 Å². The number of nitrogens with one attached hydrogen (secondary N) is 1. The average Bonchev–Trinajstić information content (AvgIpc) is 3.10. The van der Waals surface area contributed by atoms with Crippen molar-refractivity contribution >= 4 is 38.1 Å². The average molecular weight is 723 g/mol. The van der Waals surface area contributed by atoms with Crippen LogP contribution in [-0.2, 0) is 10.1 Å². The highest BCUT2D eigenvalue weighted by Gasteiger charge is 2.23. The van der Waals surface area contributed by atoms with Crippen LogP contribution in [0, 0.1) is 27.7 Å². The monoisotopic (exact) mass is 722 g/mol. The molecule has 52 heavy (non-hydrogen) atoms. The summed E-state index contributed by atoms with van der Waals surface area (Å²) in [5, 5.41) is 23.0. The number of aliphatic hydroxyl groups is 2. The zero-order chi connectivity index (χ0) is 37.0. The van der Waals surface area contributed by atoms with E-state index in [0.29, 0.717) is 70.6 Å². The lowest BCUT2D eigenvalue weighted by atomic mass is 9.93. The van der Waals surface area contributed by atoms with Crippen molar-refractivity contribution in [3.63, 3.8) is 0 Å². The van der Waals surface area contributed by atoms with E-state index in [1.165, 1.54) is 6.07 Å². The minimum atomic E-state index is -4.56. The van der Waals surface area contributed by atoms with Crippen molar-refractivity contribution in [2.75, 3.05) is 31.7 Å². The zero-order valence-electron chi connectivity index (χ0n) is 29.6. The van der Waals surface area contributed by atoms with E-state index in [1.807, 2.05) is 88.4 Å². The first kappa shape index (κ1) is 36.6. The molecule has 0 saturated heterocycles. The predicted octanol–water partition coefficient (Wildman–Crippen LogP) is 8.18. The molecule has 2 aliphatic rings. The number of rotatable bonds is 13. The molecule has 6 rings (SSSR count). The molecule has 0 amide bonds. The van der Waals surface area contributed by atoms with Gasteiger partial charge in [0.05, 0.1) is 24.3 Å². The van der Waals surface area contributed by atoms with E-state index in [9.17, 15) is 13.0 Å². The van der Waals surface area contributed by atoms with E-state index in [2.05, 4.69) is 5.32 Å². The van der Waals surface area contributed by atoms with Crippen molar-refractivity contribution in [2.24, 2.45) is 4.99 Å². The van der Waals surface area contributed by atoms with E-state index in [-0.39, 0.29) is 18.1 Å². The summed E-state index contributed by atoms with van der Waals surface area (Å²) in [4.78, 5) is 4.76. The van der Waals surface area contributed by atoms with Gasteiger partial charge in [-0.3, -0.25) is 4.55 Å². The Morgan fingerprint density at radius 1 is 0.731 bits per heavy atom. The van der Waals surface area contributed by atoms with Crippen molar-refractivity contribution in [1.29, 1.82) is 0 Å². The molecule has 1 aliphatic carbocycles. The van der Waals surface area contributed by atoms with Gasteiger partial charge in [0, 0.05) is 71.6 Å². The minimum absolute atomic E-state index is 0.0604. The Balaban J connectivity index is 1.49. The molecular weight excluding hydrogens is 681 g/mol. The molecule has 0 bridgehead atoms. The maximum Gasteiger partial charge on any atom is 0.295 e. The molecule has 0 fully saturated rings. The standard InChI is InChI=1S/C41H42N2O8S/c1-25-19-31(49-17-7-15-44)20-26(2)40(25)42-29-11-13-33-36(23-29)51-37-24-30(43-41-27(3)21-32(22-28(41)4)50-18-8-16-45)12-14-34(37)39(33)35-9-5-6-10-38(35)52(46,47)48/h5-6,9-14,19-24,42,44-45H,7-8,15-18H2,1-4H3,(H,46,47,48)/b43-30-. The van der Waals surface area contributed by atoms with Crippen molar-refractivity contribution in [3.8, 4) is 33.9 Å². The van der Waals surface area contributed by atoms with Gasteiger partial charge in [-0.1, -0.05) is 18.2 Å². The van der Waals surface area contributed by atoms with Crippen molar-refractivity contribution < 1.29 is 37.1 Å². The zero-order valence-corrected chi connectivity index (χ0v) is 30.4. The lowest BCUT2D eigenvalue weighted by molar-refractivity contribution is 0.233. The van der Waals surface area contributed by atoms with Gasteiger partial charge >= 0.3 is 0 Å². The molecule has 11 heteroatoms. The van der Waals surface area contributed by atoms with Gasteiger partial charge in [0.1, 0.15) is 27.7 Å². The van der Waals surface area contributed by atoms with Gasteiger partial charge in [0.15, 0.2) is 0 Å². The van der Waals surface area contributed by atoms with Crippen LogP contribution in [-0.4, -0.2) is 49.6 Å². The Hall–Kier alpha value is -5.20. The molecule has 4 aromatic carbocycles. The number of hydrogen-bond acceptors (Lipinski definition) is 9. The number of anilines is 2. The van der Waals surface area contributed by atoms with Crippen LogP contribution in [0.5, 0.6) is 11.5 Å². The smallest absolute Gasteiger partial charge is 0.295 e. The summed E-state index contributed by atoms with van der Waals surface area (Å²) in [6.45, 7) is 8.87. The molecule has 0 atom stereocenters. The summed E-state index contributed by atoms with van der Waals surface area (Å²) in [6.07, 6.45) is 1.09. The number of benzene rings is 5. The van der Waals surface area contributed by atoms with E-state index >= 15 is 0 Å². The highest BCUT2D eigenvalue weighted by molar-refractivity contribution is 7.86. The first-order valence-corrected chi connectivity index (χ1v) is 18.5. The molecule has 270 valence electrons. The van der Waals surface area contributed by atoms with Crippen LogP contribution >= 0.6 is 0 Å². The van der Waals surface area contributed by atoms with Gasteiger partial charge in [-0.25, -0.2) is 4.99 Å². The summed E-state index contributed by atoms with van der Waals surface area (Å²) in [7, 11) is -4.56. The molecule has 1 heterocycles. The van der Waals surface area contributed by atoms with Gasteiger partial charge in [-0.2, -0.15) is 8.42 Å².